The van der Waals surface area contributed by atoms with Gasteiger partial charge in [-0.3, -0.25) is 4.79 Å². The number of alkyl carbamates (subject to hydrolysis) is 1. The summed E-state index contributed by atoms with van der Waals surface area (Å²) in [4.78, 5) is 25.6. The number of cyclic esters (lactones) is 1. The third kappa shape index (κ3) is 3.41. The highest BCUT2D eigenvalue weighted by Crippen LogP contribution is 2.20. The lowest BCUT2D eigenvalue weighted by Gasteiger charge is -2.09. The normalized spacial score (nSPS) is 16.7. The maximum Gasteiger partial charge on any atom is 0.407 e. The summed E-state index contributed by atoms with van der Waals surface area (Å²) in [5, 5.41) is 2.74. The van der Waals surface area contributed by atoms with Crippen LogP contribution in [0.1, 0.15) is 15.9 Å². The number of carbonyl (C=O) groups excluding carboxylic acids is 2. The lowest BCUT2D eigenvalue weighted by molar-refractivity contribution is 0.112. The van der Waals surface area contributed by atoms with Gasteiger partial charge in [0.15, 0.2) is 6.29 Å². The zero-order chi connectivity index (χ0) is 15.4. The molecule has 0 aliphatic carbocycles. The quantitative estimate of drug-likeness (QED) is 0.857. The number of aldehydes is 1. The van der Waals surface area contributed by atoms with E-state index in [2.05, 4.69) is 10.3 Å². The van der Waals surface area contributed by atoms with Crippen molar-refractivity contribution >= 4 is 12.4 Å². The Morgan fingerprint density at radius 2 is 2.09 bits per heavy atom. The molecule has 1 amide bonds. The van der Waals surface area contributed by atoms with Crippen molar-refractivity contribution in [2.45, 2.75) is 12.5 Å². The van der Waals surface area contributed by atoms with Crippen LogP contribution in [0, 0.1) is 0 Å². The van der Waals surface area contributed by atoms with E-state index >= 15 is 0 Å². The Labute approximate surface area is 127 Å². The van der Waals surface area contributed by atoms with Crippen LogP contribution in [0.4, 0.5) is 4.79 Å². The molecule has 1 aliphatic rings. The largest absolute Gasteiger partial charge is 0.447 e. The van der Waals surface area contributed by atoms with E-state index in [4.69, 9.17) is 9.47 Å². The number of carbonyl (C=O) groups is 2. The van der Waals surface area contributed by atoms with Crippen LogP contribution < -0.4 is 10.1 Å². The molecule has 22 heavy (non-hydrogen) atoms. The summed E-state index contributed by atoms with van der Waals surface area (Å²) in [5.74, 6) is 1.08. The first kappa shape index (κ1) is 14.1. The van der Waals surface area contributed by atoms with Crippen LogP contribution in [-0.4, -0.2) is 30.0 Å². The monoisotopic (exact) mass is 298 g/mol. The molecule has 1 fully saturated rings. The Morgan fingerprint density at radius 1 is 1.27 bits per heavy atom. The molecule has 3 rings (SSSR count). The van der Waals surface area contributed by atoms with Gasteiger partial charge < -0.3 is 14.8 Å². The average molecular weight is 298 g/mol. The Hall–Kier alpha value is -2.89. The minimum absolute atomic E-state index is 0.0109. The molecule has 2 aromatic rings. The molecule has 0 radical (unpaired) electrons. The second kappa shape index (κ2) is 6.26. The van der Waals surface area contributed by atoms with Crippen molar-refractivity contribution < 1.29 is 19.1 Å². The van der Waals surface area contributed by atoms with Gasteiger partial charge in [-0.2, -0.15) is 0 Å². The number of amides is 1. The van der Waals surface area contributed by atoms with Gasteiger partial charge in [-0.1, -0.05) is 12.1 Å². The van der Waals surface area contributed by atoms with E-state index in [0.29, 0.717) is 30.2 Å². The standard InChI is InChI=1S/C16H14N2O4/c19-9-12-3-6-15(17-8-12)22-14-4-1-11(2-5-14)7-13-10-21-16(20)18-13/h1-6,8-9,13H,7,10H2,(H,18,20). The van der Waals surface area contributed by atoms with E-state index in [1.807, 2.05) is 24.3 Å². The summed E-state index contributed by atoms with van der Waals surface area (Å²) in [6, 6.07) is 10.8. The fourth-order valence-corrected chi connectivity index (χ4v) is 2.16. The topological polar surface area (TPSA) is 77.5 Å². The number of rotatable bonds is 5. The Balaban J connectivity index is 1.60. The fourth-order valence-electron chi connectivity index (χ4n) is 2.16. The van der Waals surface area contributed by atoms with Crippen molar-refractivity contribution in [3.8, 4) is 11.6 Å². The van der Waals surface area contributed by atoms with Crippen LogP contribution in [0.3, 0.4) is 0 Å². The molecule has 0 spiro atoms. The second-order valence-electron chi connectivity index (χ2n) is 4.94. The van der Waals surface area contributed by atoms with Crippen molar-refractivity contribution in [3.63, 3.8) is 0 Å². The molecule has 1 atom stereocenters. The van der Waals surface area contributed by atoms with E-state index in [9.17, 15) is 9.59 Å². The van der Waals surface area contributed by atoms with E-state index in [1.165, 1.54) is 6.20 Å². The first-order chi connectivity index (χ1) is 10.7. The third-order valence-electron chi connectivity index (χ3n) is 3.26. The van der Waals surface area contributed by atoms with E-state index in [1.54, 1.807) is 12.1 Å². The van der Waals surface area contributed by atoms with Crippen LogP contribution in [0.15, 0.2) is 42.6 Å². The summed E-state index contributed by atoms with van der Waals surface area (Å²) < 4.78 is 10.4. The lowest BCUT2D eigenvalue weighted by atomic mass is 10.1. The second-order valence-corrected chi connectivity index (χ2v) is 4.94. The van der Waals surface area contributed by atoms with Crippen LogP contribution in [0.2, 0.25) is 0 Å². The molecule has 1 saturated heterocycles. The van der Waals surface area contributed by atoms with Crippen LogP contribution >= 0.6 is 0 Å². The molecule has 6 heteroatoms. The molecule has 1 unspecified atom stereocenters. The third-order valence-corrected chi connectivity index (χ3v) is 3.26. The molecular formula is C16H14N2O4. The Bertz CT molecular complexity index is 668. The smallest absolute Gasteiger partial charge is 0.407 e. The molecule has 0 bridgehead atoms. The number of aromatic nitrogens is 1. The summed E-state index contributed by atoms with van der Waals surface area (Å²) in [7, 11) is 0. The van der Waals surface area contributed by atoms with Crippen LogP contribution in [-0.2, 0) is 11.2 Å². The molecule has 1 aliphatic heterocycles. The summed E-state index contributed by atoms with van der Waals surface area (Å²) in [6.07, 6.45) is 2.53. The summed E-state index contributed by atoms with van der Waals surface area (Å²) in [5.41, 5.74) is 1.58. The fraction of sp³-hybridized carbons (Fsp3) is 0.188. The Kier molecular flexibility index (Phi) is 4.00. The van der Waals surface area contributed by atoms with Crippen molar-refractivity contribution in [2.75, 3.05) is 6.61 Å². The number of ether oxygens (including phenoxy) is 2. The first-order valence-electron chi connectivity index (χ1n) is 6.84. The average Bonchev–Trinajstić information content (AvgIpc) is 2.95. The van der Waals surface area contributed by atoms with Crippen LogP contribution in [0.25, 0.3) is 0 Å². The maximum absolute atomic E-state index is 11.0. The van der Waals surface area contributed by atoms with Crippen molar-refractivity contribution in [1.29, 1.82) is 0 Å². The molecule has 0 saturated carbocycles. The number of nitrogens with zero attached hydrogens (tertiary/aromatic N) is 1. The Morgan fingerprint density at radius 3 is 2.68 bits per heavy atom. The zero-order valence-corrected chi connectivity index (χ0v) is 11.7. The number of nitrogens with one attached hydrogen (secondary N) is 1. The SMILES string of the molecule is O=Cc1ccc(Oc2ccc(CC3COC(=O)N3)cc2)nc1. The predicted molar refractivity (Wildman–Crippen MR) is 78.1 cm³/mol. The molecule has 2 heterocycles. The van der Waals surface area contributed by atoms with Gasteiger partial charge in [0.05, 0.1) is 6.04 Å². The molecule has 1 aromatic carbocycles. The molecule has 1 aromatic heterocycles. The van der Waals surface area contributed by atoms with Gasteiger partial charge in [0.1, 0.15) is 12.4 Å². The van der Waals surface area contributed by atoms with Gasteiger partial charge in [-0.25, -0.2) is 9.78 Å². The minimum Gasteiger partial charge on any atom is -0.447 e. The highest BCUT2D eigenvalue weighted by Gasteiger charge is 2.21. The zero-order valence-electron chi connectivity index (χ0n) is 11.7. The molecule has 6 nitrogen and oxygen atoms in total. The highest BCUT2D eigenvalue weighted by atomic mass is 16.6. The van der Waals surface area contributed by atoms with Gasteiger partial charge in [0, 0.05) is 17.8 Å². The van der Waals surface area contributed by atoms with Gasteiger partial charge in [-0.05, 0) is 30.2 Å². The summed E-state index contributed by atoms with van der Waals surface area (Å²) in [6.45, 7) is 0.393. The van der Waals surface area contributed by atoms with E-state index in [-0.39, 0.29) is 12.1 Å². The van der Waals surface area contributed by atoms with Crippen LogP contribution in [0.5, 0.6) is 11.6 Å². The first-order valence-corrected chi connectivity index (χ1v) is 6.84. The van der Waals surface area contributed by atoms with Crippen molar-refractivity contribution in [3.05, 3.63) is 53.7 Å². The number of benzene rings is 1. The van der Waals surface area contributed by atoms with Crippen molar-refractivity contribution in [2.24, 2.45) is 0 Å². The predicted octanol–water partition coefficient (Wildman–Crippen LogP) is 2.34. The van der Waals surface area contributed by atoms with Crippen molar-refractivity contribution in [1.82, 2.24) is 10.3 Å². The van der Waals surface area contributed by atoms with Gasteiger partial charge in [0.25, 0.3) is 0 Å². The van der Waals surface area contributed by atoms with Gasteiger partial charge in [0.2, 0.25) is 5.88 Å². The molecule has 1 N–H and O–H groups in total. The minimum atomic E-state index is -0.366. The lowest BCUT2D eigenvalue weighted by Crippen LogP contribution is -2.28. The van der Waals surface area contributed by atoms with E-state index < -0.39 is 0 Å². The summed E-state index contributed by atoms with van der Waals surface area (Å²) >= 11 is 0. The number of hydrogen-bond donors (Lipinski definition) is 1. The highest BCUT2D eigenvalue weighted by molar-refractivity contribution is 5.74. The maximum atomic E-state index is 11.0. The van der Waals surface area contributed by atoms with E-state index in [0.717, 1.165) is 11.8 Å². The number of hydrogen-bond acceptors (Lipinski definition) is 5. The number of pyridine rings is 1. The van der Waals surface area contributed by atoms with Gasteiger partial charge >= 0.3 is 6.09 Å². The molecule has 112 valence electrons. The molecular weight excluding hydrogens is 284 g/mol. The van der Waals surface area contributed by atoms with Gasteiger partial charge in [-0.15, -0.1) is 0 Å².